The van der Waals surface area contributed by atoms with Gasteiger partial charge < -0.3 is 10.1 Å². The highest BCUT2D eigenvalue weighted by atomic mass is 127. The summed E-state index contributed by atoms with van der Waals surface area (Å²) >= 11 is 5.60. The second-order valence-electron chi connectivity index (χ2n) is 6.67. The summed E-state index contributed by atoms with van der Waals surface area (Å²) in [5, 5.41) is 12.2. The van der Waals surface area contributed by atoms with Gasteiger partial charge in [-0.3, -0.25) is 4.79 Å². The number of aryl methyl sites for hydroxylation is 1. The summed E-state index contributed by atoms with van der Waals surface area (Å²) in [6.45, 7) is 2.09. The number of carbonyl (C=O) groups is 1. The van der Waals surface area contributed by atoms with E-state index < -0.39 is 5.91 Å². The molecule has 0 fully saturated rings. The summed E-state index contributed by atoms with van der Waals surface area (Å²) in [5.74, 6) is -0.192. The number of benzene rings is 3. The predicted octanol–water partition coefficient (Wildman–Crippen LogP) is 6.63. The van der Waals surface area contributed by atoms with E-state index in [9.17, 15) is 14.4 Å². The van der Waals surface area contributed by atoms with Crippen molar-refractivity contribution in [1.82, 2.24) is 0 Å². The first-order valence-electron chi connectivity index (χ1n) is 9.22. The minimum Gasteiger partial charge on any atom is -0.487 e. The van der Waals surface area contributed by atoms with Crippen LogP contribution in [0, 0.1) is 27.6 Å². The molecule has 0 bridgehead atoms. The summed E-state index contributed by atoms with van der Waals surface area (Å²) in [5.41, 5.74) is 2.94. The fourth-order valence-corrected chi connectivity index (χ4v) is 4.57. The molecule has 31 heavy (non-hydrogen) atoms. The predicted molar refractivity (Wildman–Crippen MR) is 131 cm³/mol. The van der Waals surface area contributed by atoms with Crippen LogP contribution in [-0.4, -0.2) is 5.91 Å². The number of para-hydroxylation sites is 1. The number of amides is 1. The molecule has 3 rings (SSSR count). The van der Waals surface area contributed by atoms with Crippen LogP contribution in [0.5, 0.6) is 5.75 Å². The zero-order chi connectivity index (χ0) is 22.4. The minimum atomic E-state index is -0.477. The van der Waals surface area contributed by atoms with Gasteiger partial charge in [0.1, 0.15) is 29.8 Å². The topological polar surface area (TPSA) is 62.1 Å². The molecule has 7 heteroatoms. The minimum absolute atomic E-state index is 0.0145. The average Bonchev–Trinajstić information content (AvgIpc) is 2.73. The van der Waals surface area contributed by atoms with Crippen molar-refractivity contribution in [3.05, 3.63) is 96.8 Å². The van der Waals surface area contributed by atoms with Crippen LogP contribution in [0.4, 0.5) is 10.1 Å². The molecule has 1 amide bonds. The van der Waals surface area contributed by atoms with Crippen molar-refractivity contribution < 1.29 is 13.9 Å². The Hall–Kier alpha value is -2.70. The van der Waals surface area contributed by atoms with Crippen molar-refractivity contribution in [3.63, 3.8) is 0 Å². The monoisotopic (exact) mass is 590 g/mol. The van der Waals surface area contributed by atoms with Gasteiger partial charge in [0.15, 0.2) is 0 Å². The second kappa shape index (κ2) is 10.6. The number of carbonyl (C=O) groups excluding carboxylic acids is 1. The smallest absolute Gasteiger partial charge is 0.266 e. The molecule has 0 saturated heterocycles. The third-order valence-corrected chi connectivity index (χ3v) is 5.75. The Labute approximate surface area is 202 Å². The maximum Gasteiger partial charge on any atom is 0.266 e. The first kappa shape index (κ1) is 23.0. The number of halogens is 3. The van der Waals surface area contributed by atoms with E-state index in [0.717, 1.165) is 9.13 Å². The lowest BCUT2D eigenvalue weighted by atomic mass is 10.1. The molecule has 1 N–H and O–H groups in total. The van der Waals surface area contributed by atoms with Crippen LogP contribution in [-0.2, 0) is 11.4 Å². The van der Waals surface area contributed by atoms with Gasteiger partial charge in [0.05, 0.1) is 8.04 Å². The number of nitrogens with zero attached hydrogens (tertiary/aromatic N) is 1. The molecule has 0 heterocycles. The van der Waals surface area contributed by atoms with E-state index in [4.69, 9.17) is 4.74 Å². The highest BCUT2D eigenvalue weighted by Crippen LogP contribution is 2.33. The molecule has 0 aliphatic heterocycles. The van der Waals surface area contributed by atoms with E-state index in [2.05, 4.69) is 43.8 Å². The maximum absolute atomic E-state index is 13.4. The Morgan fingerprint density at radius 3 is 2.68 bits per heavy atom. The number of hydrogen-bond acceptors (Lipinski definition) is 3. The molecular formula is C24H17BrFIN2O2. The number of anilines is 1. The number of ether oxygens (including phenoxy) is 1. The molecule has 156 valence electrons. The second-order valence-corrected chi connectivity index (χ2v) is 8.69. The normalized spacial score (nSPS) is 11.0. The molecule has 0 radical (unpaired) electrons. The summed E-state index contributed by atoms with van der Waals surface area (Å²) in [6, 6.07) is 19.1. The molecule has 0 spiro atoms. The van der Waals surface area contributed by atoms with Gasteiger partial charge in [-0.2, -0.15) is 5.26 Å². The molecule has 0 atom stereocenters. The molecule has 0 aliphatic carbocycles. The Balaban J connectivity index is 1.78. The van der Waals surface area contributed by atoms with Crippen molar-refractivity contribution in [2.75, 3.05) is 5.32 Å². The molecule has 4 nitrogen and oxygen atoms in total. The van der Waals surface area contributed by atoms with Gasteiger partial charge in [-0.25, -0.2) is 4.39 Å². The van der Waals surface area contributed by atoms with E-state index in [1.165, 1.54) is 18.2 Å². The van der Waals surface area contributed by atoms with Crippen molar-refractivity contribution >= 4 is 56.2 Å². The number of hydrogen-bond donors (Lipinski definition) is 1. The first-order chi connectivity index (χ1) is 14.9. The Morgan fingerprint density at radius 2 is 2.00 bits per heavy atom. The number of nitriles is 1. The Kier molecular flexibility index (Phi) is 7.82. The van der Waals surface area contributed by atoms with E-state index >= 15 is 0 Å². The van der Waals surface area contributed by atoms with Crippen LogP contribution < -0.4 is 10.1 Å². The number of nitrogens with one attached hydrogen (secondary N) is 1. The van der Waals surface area contributed by atoms with Crippen LogP contribution in [0.25, 0.3) is 6.08 Å². The quantitative estimate of drug-likeness (QED) is 0.199. The highest BCUT2D eigenvalue weighted by Gasteiger charge is 2.13. The summed E-state index contributed by atoms with van der Waals surface area (Å²) in [4.78, 5) is 12.6. The van der Waals surface area contributed by atoms with Gasteiger partial charge in [-0.05, 0) is 98.5 Å². The van der Waals surface area contributed by atoms with Crippen molar-refractivity contribution in [1.29, 1.82) is 5.26 Å². The Bertz CT molecular complexity index is 1180. The molecule has 0 aromatic heterocycles. The van der Waals surface area contributed by atoms with Crippen molar-refractivity contribution in [2.24, 2.45) is 0 Å². The van der Waals surface area contributed by atoms with Crippen LogP contribution in [0.2, 0.25) is 0 Å². The lowest BCUT2D eigenvalue weighted by molar-refractivity contribution is -0.112. The number of rotatable bonds is 6. The summed E-state index contributed by atoms with van der Waals surface area (Å²) in [7, 11) is 0. The third-order valence-electron chi connectivity index (χ3n) is 4.36. The van der Waals surface area contributed by atoms with Crippen LogP contribution in [0.1, 0.15) is 16.7 Å². The van der Waals surface area contributed by atoms with Gasteiger partial charge in [-0.1, -0.05) is 30.3 Å². The standard InChI is InChI=1S/C24H17BrFIN2O2/c1-15-5-2-3-8-22(15)29-24(30)18(13-28)9-17-11-20(25)23(21(27)12-17)31-14-16-6-4-7-19(26)10-16/h2-12H,14H2,1H3,(H,29,30)/b18-9-. The summed E-state index contributed by atoms with van der Waals surface area (Å²) in [6.07, 6.45) is 1.52. The molecule has 0 unspecified atom stereocenters. The van der Waals surface area contributed by atoms with Gasteiger partial charge >= 0.3 is 0 Å². The summed E-state index contributed by atoms with van der Waals surface area (Å²) < 4.78 is 20.7. The van der Waals surface area contributed by atoms with Crippen molar-refractivity contribution in [3.8, 4) is 11.8 Å². The lowest BCUT2D eigenvalue weighted by Gasteiger charge is -2.12. The Morgan fingerprint density at radius 1 is 1.23 bits per heavy atom. The van der Waals surface area contributed by atoms with Crippen molar-refractivity contribution in [2.45, 2.75) is 13.5 Å². The molecule has 3 aromatic carbocycles. The molecule has 0 aliphatic rings. The van der Waals surface area contributed by atoms with Crippen LogP contribution in [0.15, 0.2) is 70.7 Å². The van der Waals surface area contributed by atoms with Crippen LogP contribution in [0.3, 0.4) is 0 Å². The molecule has 3 aromatic rings. The fourth-order valence-electron chi connectivity index (χ4n) is 2.80. The van der Waals surface area contributed by atoms with E-state index in [1.54, 1.807) is 24.3 Å². The van der Waals surface area contributed by atoms with Gasteiger partial charge in [0.2, 0.25) is 0 Å². The molecular weight excluding hydrogens is 574 g/mol. The highest BCUT2D eigenvalue weighted by molar-refractivity contribution is 14.1. The zero-order valence-corrected chi connectivity index (χ0v) is 20.2. The average molecular weight is 591 g/mol. The van der Waals surface area contributed by atoms with Crippen LogP contribution >= 0.6 is 38.5 Å². The maximum atomic E-state index is 13.4. The lowest BCUT2D eigenvalue weighted by Crippen LogP contribution is -2.14. The van der Waals surface area contributed by atoms with Gasteiger partial charge in [0.25, 0.3) is 5.91 Å². The first-order valence-corrected chi connectivity index (χ1v) is 11.1. The van der Waals surface area contributed by atoms with Gasteiger partial charge in [0, 0.05) is 5.69 Å². The van der Waals surface area contributed by atoms with E-state index in [0.29, 0.717) is 27.0 Å². The SMILES string of the molecule is Cc1ccccc1NC(=O)/C(C#N)=C\c1cc(Br)c(OCc2cccc(F)c2)c(I)c1. The van der Waals surface area contributed by atoms with E-state index in [1.807, 2.05) is 37.3 Å². The zero-order valence-electron chi connectivity index (χ0n) is 16.5. The van der Waals surface area contributed by atoms with E-state index in [-0.39, 0.29) is 18.0 Å². The fraction of sp³-hybridized carbons (Fsp3) is 0.0833. The van der Waals surface area contributed by atoms with Gasteiger partial charge in [-0.15, -0.1) is 0 Å². The molecule has 0 saturated carbocycles. The largest absolute Gasteiger partial charge is 0.487 e. The third kappa shape index (κ3) is 6.15.